The van der Waals surface area contributed by atoms with E-state index in [9.17, 15) is 9.90 Å². The van der Waals surface area contributed by atoms with E-state index in [4.69, 9.17) is 23.7 Å². The van der Waals surface area contributed by atoms with E-state index in [-0.39, 0.29) is 5.92 Å². The average Bonchev–Trinajstić information content (AvgIpc) is 2.77. The highest BCUT2D eigenvalue weighted by Gasteiger charge is 2.29. The van der Waals surface area contributed by atoms with Crippen molar-refractivity contribution in [2.75, 3.05) is 35.0 Å². The second-order valence-corrected chi connectivity index (χ2v) is 7.45. The van der Waals surface area contributed by atoms with Crippen molar-refractivity contribution in [2.24, 2.45) is 5.92 Å². The average molecular weight is 433 g/mol. The van der Waals surface area contributed by atoms with Crippen LogP contribution < -0.4 is 18.9 Å². The highest BCUT2D eigenvalue weighted by molar-refractivity contribution is 5.78. The van der Waals surface area contributed by atoms with Crippen LogP contribution in [-0.4, -0.2) is 46.1 Å². The van der Waals surface area contributed by atoms with Gasteiger partial charge in [0.15, 0.2) is 11.5 Å². The summed E-state index contributed by atoms with van der Waals surface area (Å²) in [5.41, 5.74) is 2.29. The number of carbonyl (C=O) groups is 1. The summed E-state index contributed by atoms with van der Waals surface area (Å²) in [6.45, 7) is 4.68. The Balaban J connectivity index is 2.13. The molecule has 0 heterocycles. The second kappa shape index (κ2) is 11.5. The van der Waals surface area contributed by atoms with Gasteiger partial charge >= 0.3 is 5.97 Å². The van der Waals surface area contributed by atoms with Crippen molar-refractivity contribution >= 4 is 5.97 Å². The van der Waals surface area contributed by atoms with Crippen molar-refractivity contribution in [3.05, 3.63) is 47.0 Å². The normalized spacial score (nSPS) is 12.7. The molecular weight excluding hydrogens is 400 g/mol. The monoisotopic (exact) mass is 432 g/mol. The van der Waals surface area contributed by atoms with E-state index in [1.165, 1.54) is 14.2 Å². The molecule has 0 spiro atoms. The van der Waals surface area contributed by atoms with E-state index in [1.807, 2.05) is 38.1 Å². The van der Waals surface area contributed by atoms with Crippen molar-refractivity contribution in [2.45, 2.75) is 32.8 Å². The Hall–Kier alpha value is -2.93. The second-order valence-electron chi connectivity index (χ2n) is 7.45. The van der Waals surface area contributed by atoms with Crippen molar-refractivity contribution in [3.8, 4) is 23.0 Å². The quantitative estimate of drug-likeness (QED) is 0.531. The van der Waals surface area contributed by atoms with Gasteiger partial charge < -0.3 is 28.8 Å². The van der Waals surface area contributed by atoms with Gasteiger partial charge in [-0.15, -0.1) is 0 Å². The lowest BCUT2D eigenvalue weighted by atomic mass is 9.87. The first-order valence-corrected chi connectivity index (χ1v) is 10.1. The number of aliphatic carboxylic acids is 1. The minimum atomic E-state index is -0.924. The van der Waals surface area contributed by atoms with Crippen LogP contribution in [0.3, 0.4) is 0 Å². The molecular formula is C24H32O7. The van der Waals surface area contributed by atoms with Gasteiger partial charge in [0.05, 0.1) is 41.0 Å². The molecule has 0 aliphatic rings. The minimum Gasteiger partial charge on any atom is -0.497 e. The van der Waals surface area contributed by atoms with E-state index in [2.05, 4.69) is 0 Å². The summed E-state index contributed by atoms with van der Waals surface area (Å²) < 4.78 is 27.4. The Morgan fingerprint density at radius 1 is 0.968 bits per heavy atom. The largest absolute Gasteiger partial charge is 0.497 e. The predicted molar refractivity (Wildman–Crippen MR) is 118 cm³/mol. The number of hydrogen-bond donors (Lipinski definition) is 1. The van der Waals surface area contributed by atoms with Crippen molar-refractivity contribution in [3.63, 3.8) is 0 Å². The number of hydrogen-bond acceptors (Lipinski definition) is 6. The topological polar surface area (TPSA) is 83.5 Å². The van der Waals surface area contributed by atoms with Crippen LogP contribution >= 0.6 is 0 Å². The summed E-state index contributed by atoms with van der Waals surface area (Å²) in [6.07, 6.45) is 0.392. The molecule has 0 fully saturated rings. The molecule has 2 rings (SSSR count). The molecule has 7 heteroatoms. The third-order valence-electron chi connectivity index (χ3n) is 5.22. The number of benzene rings is 2. The Morgan fingerprint density at radius 3 is 2.13 bits per heavy atom. The van der Waals surface area contributed by atoms with Crippen LogP contribution in [0.5, 0.6) is 23.0 Å². The zero-order valence-corrected chi connectivity index (χ0v) is 19.1. The first kappa shape index (κ1) is 24.3. The van der Waals surface area contributed by atoms with E-state index in [0.717, 1.165) is 11.3 Å². The molecule has 2 aromatic rings. The molecule has 0 amide bonds. The summed E-state index contributed by atoms with van der Waals surface area (Å²) in [6, 6.07) is 9.35. The first-order valence-electron chi connectivity index (χ1n) is 10.1. The van der Waals surface area contributed by atoms with Gasteiger partial charge in [0.25, 0.3) is 0 Å². The maximum atomic E-state index is 12.1. The zero-order valence-electron chi connectivity index (χ0n) is 19.1. The fourth-order valence-electron chi connectivity index (χ4n) is 3.64. The lowest BCUT2D eigenvalue weighted by Gasteiger charge is -2.23. The van der Waals surface area contributed by atoms with Gasteiger partial charge in [0, 0.05) is 17.7 Å². The van der Waals surface area contributed by atoms with Gasteiger partial charge in [-0.2, -0.15) is 0 Å². The van der Waals surface area contributed by atoms with E-state index in [0.29, 0.717) is 48.0 Å². The smallest absolute Gasteiger partial charge is 0.311 e. The van der Waals surface area contributed by atoms with Crippen LogP contribution in [0.25, 0.3) is 0 Å². The first-order chi connectivity index (χ1) is 14.9. The zero-order chi connectivity index (χ0) is 23.0. The standard InChI is InChI=1S/C24H32O7/c1-15(13-31-14-17-7-9-18(27-3)10-8-17)11-20(24(25)26)19-12-21(28-4)23(30-6)16(2)22(19)29-5/h7-10,12,15,20H,11,13-14H2,1-6H3,(H,25,26)/t15-,20-/m0/s1. The van der Waals surface area contributed by atoms with Crippen LogP contribution in [0.2, 0.25) is 0 Å². The lowest BCUT2D eigenvalue weighted by molar-refractivity contribution is -0.139. The number of methoxy groups -OCH3 is 4. The molecule has 170 valence electrons. The van der Waals surface area contributed by atoms with Crippen molar-refractivity contribution < 1.29 is 33.6 Å². The summed E-state index contributed by atoms with van der Waals surface area (Å²) in [7, 11) is 6.22. The SMILES string of the molecule is COc1ccc(COC[C@@H](C)C[C@H](C(=O)O)c2cc(OC)c(OC)c(C)c2OC)cc1. The number of rotatable bonds is 12. The molecule has 0 bridgehead atoms. The highest BCUT2D eigenvalue weighted by Crippen LogP contribution is 2.44. The third-order valence-corrected chi connectivity index (χ3v) is 5.22. The summed E-state index contributed by atoms with van der Waals surface area (Å²) in [4.78, 5) is 12.1. The molecule has 0 aliphatic carbocycles. The molecule has 31 heavy (non-hydrogen) atoms. The maximum absolute atomic E-state index is 12.1. The van der Waals surface area contributed by atoms with E-state index >= 15 is 0 Å². The molecule has 7 nitrogen and oxygen atoms in total. The summed E-state index contributed by atoms with van der Waals surface area (Å²) in [5.74, 6) is 0.614. The lowest BCUT2D eigenvalue weighted by Crippen LogP contribution is -2.19. The van der Waals surface area contributed by atoms with Gasteiger partial charge in [-0.05, 0) is 43.0 Å². The number of carboxylic acids is 1. The summed E-state index contributed by atoms with van der Waals surface area (Å²) >= 11 is 0. The Labute approximate surface area is 183 Å². The van der Waals surface area contributed by atoms with Crippen LogP contribution in [0.4, 0.5) is 0 Å². The Kier molecular flexibility index (Phi) is 9.00. The number of ether oxygens (including phenoxy) is 5. The summed E-state index contributed by atoms with van der Waals surface area (Å²) in [5, 5.41) is 9.95. The van der Waals surface area contributed by atoms with Crippen LogP contribution in [-0.2, 0) is 16.1 Å². The molecule has 0 unspecified atom stereocenters. The van der Waals surface area contributed by atoms with Crippen LogP contribution in [0.15, 0.2) is 30.3 Å². The molecule has 0 aliphatic heterocycles. The molecule has 0 saturated carbocycles. The van der Waals surface area contributed by atoms with Crippen LogP contribution in [0.1, 0.15) is 36.0 Å². The third kappa shape index (κ3) is 6.04. The van der Waals surface area contributed by atoms with Gasteiger partial charge in [0.2, 0.25) is 0 Å². The van der Waals surface area contributed by atoms with Gasteiger partial charge in [-0.1, -0.05) is 19.1 Å². The molecule has 0 radical (unpaired) electrons. The Bertz CT molecular complexity index is 861. The fraction of sp³-hybridized carbons (Fsp3) is 0.458. The maximum Gasteiger partial charge on any atom is 0.311 e. The predicted octanol–water partition coefficient (Wildman–Crippen LogP) is 4.44. The minimum absolute atomic E-state index is 0.0115. The van der Waals surface area contributed by atoms with E-state index in [1.54, 1.807) is 20.3 Å². The van der Waals surface area contributed by atoms with Gasteiger partial charge in [-0.25, -0.2) is 0 Å². The van der Waals surface area contributed by atoms with Gasteiger partial charge in [-0.3, -0.25) is 4.79 Å². The van der Waals surface area contributed by atoms with E-state index < -0.39 is 11.9 Å². The van der Waals surface area contributed by atoms with Gasteiger partial charge in [0.1, 0.15) is 11.5 Å². The molecule has 2 aromatic carbocycles. The molecule has 1 N–H and O–H groups in total. The highest BCUT2D eigenvalue weighted by atomic mass is 16.5. The molecule has 0 aromatic heterocycles. The molecule has 2 atom stereocenters. The molecule has 0 saturated heterocycles. The Morgan fingerprint density at radius 2 is 1.61 bits per heavy atom. The van der Waals surface area contributed by atoms with Crippen LogP contribution in [0, 0.1) is 12.8 Å². The number of carboxylic acid groups (broad SMARTS) is 1. The fourth-order valence-corrected chi connectivity index (χ4v) is 3.64. The van der Waals surface area contributed by atoms with Crippen molar-refractivity contribution in [1.82, 2.24) is 0 Å². The van der Waals surface area contributed by atoms with Crippen molar-refractivity contribution in [1.29, 1.82) is 0 Å².